The number of hydrogen-bond donors (Lipinski definition) is 0. The summed E-state index contributed by atoms with van der Waals surface area (Å²) in [6.07, 6.45) is -0.933. The molecule has 26 heavy (non-hydrogen) atoms. The zero-order chi connectivity index (χ0) is 19.7. The Bertz CT molecular complexity index is 573. The zero-order valence-electron chi connectivity index (χ0n) is 16.5. The third-order valence-corrected chi connectivity index (χ3v) is 3.31. The molecule has 0 heterocycles. The first-order chi connectivity index (χ1) is 12.2. The van der Waals surface area contributed by atoms with Crippen molar-refractivity contribution in [1.29, 1.82) is 0 Å². The smallest absolute Gasteiger partial charge is 0.347 e. The molecule has 0 amide bonds. The van der Waals surface area contributed by atoms with E-state index in [0.29, 0.717) is 25.4 Å². The van der Waals surface area contributed by atoms with Gasteiger partial charge in [0.25, 0.3) is 0 Å². The topological polar surface area (TPSA) is 71.1 Å². The van der Waals surface area contributed by atoms with Crippen LogP contribution in [0.4, 0.5) is 0 Å². The highest BCUT2D eigenvalue weighted by molar-refractivity contribution is 5.75. The molecule has 0 N–H and O–H groups in total. The van der Waals surface area contributed by atoms with Crippen LogP contribution < -0.4 is 4.74 Å². The number of esters is 2. The molecule has 0 aliphatic rings. The van der Waals surface area contributed by atoms with Crippen molar-refractivity contribution in [3.63, 3.8) is 0 Å². The lowest BCUT2D eigenvalue weighted by molar-refractivity contribution is -0.162. The lowest BCUT2D eigenvalue weighted by Gasteiger charge is -2.22. The van der Waals surface area contributed by atoms with Crippen molar-refractivity contribution in [2.45, 2.75) is 65.8 Å². The van der Waals surface area contributed by atoms with Gasteiger partial charge in [-0.15, -0.1) is 0 Å². The monoisotopic (exact) mass is 366 g/mol. The van der Waals surface area contributed by atoms with Crippen molar-refractivity contribution < 1.29 is 28.5 Å². The first-order valence-corrected chi connectivity index (χ1v) is 8.93. The van der Waals surface area contributed by atoms with E-state index in [1.165, 1.54) is 0 Å². The molecule has 6 heteroatoms. The molecule has 6 nitrogen and oxygen atoms in total. The summed E-state index contributed by atoms with van der Waals surface area (Å²) in [5.74, 6) is -0.232. The maximum absolute atomic E-state index is 12.0. The molecule has 146 valence electrons. The average Bonchev–Trinajstić information content (AvgIpc) is 2.54. The quantitative estimate of drug-likeness (QED) is 0.625. The minimum absolute atomic E-state index is 0.317. The minimum Gasteiger partial charge on any atom is -0.479 e. The fourth-order valence-electron chi connectivity index (χ4n) is 2.20. The second kappa shape index (κ2) is 10.2. The normalized spacial score (nSPS) is 13.6. The molecule has 1 aromatic rings. The summed E-state index contributed by atoms with van der Waals surface area (Å²) in [6.45, 7) is 11.4. The van der Waals surface area contributed by atoms with Crippen LogP contribution in [-0.2, 0) is 30.2 Å². The molecule has 0 aliphatic heterocycles. The Hall–Kier alpha value is -2.08. The first-order valence-electron chi connectivity index (χ1n) is 8.93. The van der Waals surface area contributed by atoms with Crippen LogP contribution in [0.15, 0.2) is 24.3 Å². The molecule has 0 fully saturated rings. The van der Waals surface area contributed by atoms with Crippen LogP contribution >= 0.6 is 0 Å². The van der Waals surface area contributed by atoms with Gasteiger partial charge in [0.2, 0.25) is 0 Å². The molecule has 2 atom stereocenters. The largest absolute Gasteiger partial charge is 0.479 e. The second-order valence-electron chi connectivity index (χ2n) is 6.84. The van der Waals surface area contributed by atoms with E-state index in [4.69, 9.17) is 18.9 Å². The van der Waals surface area contributed by atoms with Gasteiger partial charge in [-0.25, -0.2) is 9.59 Å². The molecule has 0 saturated heterocycles. The average molecular weight is 366 g/mol. The highest BCUT2D eigenvalue weighted by atomic mass is 16.6. The molecule has 0 bridgehead atoms. The van der Waals surface area contributed by atoms with Gasteiger partial charge in [-0.2, -0.15) is 0 Å². The fraction of sp³-hybridized carbons (Fsp3) is 0.600. The number of hydrogen-bond acceptors (Lipinski definition) is 6. The molecule has 0 aromatic heterocycles. The van der Waals surface area contributed by atoms with Gasteiger partial charge < -0.3 is 18.9 Å². The van der Waals surface area contributed by atoms with Gasteiger partial charge >= 0.3 is 11.9 Å². The SMILES string of the molecule is CCOC(=O)[C@H](Cc1ccc(OC(C)C(=O)OC(C)(C)C)cc1)OCC. The molecule has 0 spiro atoms. The number of carbonyl (C=O) groups is 2. The fourth-order valence-corrected chi connectivity index (χ4v) is 2.20. The second-order valence-corrected chi connectivity index (χ2v) is 6.84. The van der Waals surface area contributed by atoms with Crippen molar-refractivity contribution in [2.24, 2.45) is 0 Å². The van der Waals surface area contributed by atoms with Gasteiger partial charge in [-0.1, -0.05) is 12.1 Å². The molecular weight excluding hydrogens is 336 g/mol. The number of rotatable bonds is 9. The van der Waals surface area contributed by atoms with Gasteiger partial charge in [-0.3, -0.25) is 0 Å². The van der Waals surface area contributed by atoms with Gasteiger partial charge in [0.1, 0.15) is 11.4 Å². The molecule has 0 saturated carbocycles. The minimum atomic E-state index is -0.712. The molecule has 1 aromatic carbocycles. The van der Waals surface area contributed by atoms with Gasteiger partial charge in [-0.05, 0) is 59.2 Å². The third kappa shape index (κ3) is 7.87. The maximum atomic E-state index is 12.0. The zero-order valence-corrected chi connectivity index (χ0v) is 16.5. The van der Waals surface area contributed by atoms with E-state index >= 15 is 0 Å². The lowest BCUT2D eigenvalue weighted by Crippen LogP contribution is -2.33. The Labute approximate surface area is 155 Å². The van der Waals surface area contributed by atoms with Crippen LogP contribution in [0.5, 0.6) is 5.75 Å². The van der Waals surface area contributed by atoms with Crippen LogP contribution in [0.1, 0.15) is 47.1 Å². The first kappa shape index (κ1) is 22.0. The van der Waals surface area contributed by atoms with Crippen molar-refractivity contribution >= 4 is 11.9 Å². The van der Waals surface area contributed by atoms with Gasteiger partial charge in [0, 0.05) is 13.0 Å². The van der Waals surface area contributed by atoms with Gasteiger partial charge in [0.05, 0.1) is 6.61 Å². The van der Waals surface area contributed by atoms with Gasteiger partial charge in [0.15, 0.2) is 12.2 Å². The number of benzene rings is 1. The number of carbonyl (C=O) groups excluding carboxylic acids is 2. The number of ether oxygens (including phenoxy) is 4. The van der Waals surface area contributed by atoms with E-state index < -0.39 is 23.8 Å². The van der Waals surface area contributed by atoms with Crippen molar-refractivity contribution in [3.8, 4) is 5.75 Å². The van der Waals surface area contributed by atoms with Crippen molar-refractivity contribution in [3.05, 3.63) is 29.8 Å². The summed E-state index contributed by atoms with van der Waals surface area (Å²) in [4.78, 5) is 23.9. The predicted octanol–water partition coefficient (Wildman–Crippen LogP) is 3.31. The van der Waals surface area contributed by atoms with E-state index in [-0.39, 0.29) is 5.97 Å². The Morgan fingerprint density at radius 3 is 2.12 bits per heavy atom. The van der Waals surface area contributed by atoms with E-state index in [1.54, 1.807) is 26.0 Å². The van der Waals surface area contributed by atoms with Crippen LogP contribution in [0, 0.1) is 0 Å². The van der Waals surface area contributed by atoms with Crippen LogP contribution in [0.25, 0.3) is 0 Å². The Morgan fingerprint density at radius 1 is 1.00 bits per heavy atom. The highest BCUT2D eigenvalue weighted by Crippen LogP contribution is 2.18. The van der Waals surface area contributed by atoms with Crippen LogP contribution in [-0.4, -0.2) is 43.0 Å². The van der Waals surface area contributed by atoms with Crippen molar-refractivity contribution in [2.75, 3.05) is 13.2 Å². The Kier molecular flexibility index (Phi) is 8.58. The molecule has 1 rings (SSSR count). The summed E-state index contributed by atoms with van der Waals surface area (Å²) in [5, 5.41) is 0. The maximum Gasteiger partial charge on any atom is 0.347 e. The third-order valence-electron chi connectivity index (χ3n) is 3.31. The molecular formula is C20H30O6. The standard InChI is InChI=1S/C20H30O6/c1-7-23-17(19(22)24-8-2)13-15-9-11-16(12-10-15)25-14(3)18(21)26-20(4,5)6/h9-12,14,17H,7-8,13H2,1-6H3/t14?,17-/m0/s1. The van der Waals surface area contributed by atoms with Crippen molar-refractivity contribution in [1.82, 2.24) is 0 Å². The predicted molar refractivity (Wildman–Crippen MR) is 98.1 cm³/mol. The summed E-state index contributed by atoms with van der Waals surface area (Å²) >= 11 is 0. The van der Waals surface area contributed by atoms with E-state index in [9.17, 15) is 9.59 Å². The molecule has 0 radical (unpaired) electrons. The lowest BCUT2D eigenvalue weighted by atomic mass is 10.1. The summed E-state index contributed by atoms with van der Waals surface area (Å²) < 4.78 is 21.4. The van der Waals surface area contributed by atoms with Crippen LogP contribution in [0.2, 0.25) is 0 Å². The van der Waals surface area contributed by atoms with E-state index in [1.807, 2.05) is 39.8 Å². The summed E-state index contributed by atoms with van der Waals surface area (Å²) in [7, 11) is 0. The summed E-state index contributed by atoms with van der Waals surface area (Å²) in [6, 6.07) is 7.18. The van der Waals surface area contributed by atoms with Crippen LogP contribution in [0.3, 0.4) is 0 Å². The van der Waals surface area contributed by atoms with E-state index in [2.05, 4.69) is 0 Å². The Balaban J connectivity index is 2.67. The molecule has 1 unspecified atom stereocenters. The van der Waals surface area contributed by atoms with E-state index in [0.717, 1.165) is 5.56 Å². The Morgan fingerprint density at radius 2 is 1.62 bits per heavy atom. The molecule has 0 aliphatic carbocycles. The summed E-state index contributed by atoms with van der Waals surface area (Å²) in [5.41, 5.74) is 0.355. The highest BCUT2D eigenvalue weighted by Gasteiger charge is 2.23.